The van der Waals surface area contributed by atoms with Gasteiger partial charge in [0, 0.05) is 26.7 Å². The third-order valence-corrected chi connectivity index (χ3v) is 5.95. The Kier molecular flexibility index (Phi) is 9.81. The lowest BCUT2D eigenvalue weighted by atomic mass is 9.98. The van der Waals surface area contributed by atoms with Crippen molar-refractivity contribution >= 4 is 5.96 Å². The number of methoxy groups -OCH3 is 1. The molecule has 2 aromatic rings. The normalized spacial score (nSPS) is 15.0. The molecule has 0 bridgehead atoms. The van der Waals surface area contributed by atoms with E-state index in [1.54, 1.807) is 7.11 Å². The maximum atomic E-state index is 6.04. The zero-order valence-corrected chi connectivity index (χ0v) is 19.8. The summed E-state index contributed by atoms with van der Waals surface area (Å²) in [6, 6.07) is 8.17. The van der Waals surface area contributed by atoms with Crippen molar-refractivity contribution in [1.29, 1.82) is 0 Å². The maximum absolute atomic E-state index is 6.04. The van der Waals surface area contributed by atoms with E-state index in [0.29, 0.717) is 12.6 Å². The Morgan fingerprint density at radius 3 is 2.53 bits per heavy atom. The van der Waals surface area contributed by atoms with Crippen LogP contribution >= 0.6 is 0 Å². The third kappa shape index (κ3) is 7.82. The molecule has 0 atom stereocenters. The van der Waals surface area contributed by atoms with Crippen molar-refractivity contribution in [2.45, 2.75) is 64.5 Å². The number of hydrogen-bond donors (Lipinski definition) is 2. The molecule has 1 aliphatic rings. The second kappa shape index (κ2) is 13.1. The van der Waals surface area contributed by atoms with E-state index in [-0.39, 0.29) is 0 Å². The minimum atomic E-state index is 0.457. The number of aryl methyl sites for hydroxylation is 1. The van der Waals surface area contributed by atoms with Gasteiger partial charge < -0.3 is 24.7 Å². The summed E-state index contributed by atoms with van der Waals surface area (Å²) in [6.07, 6.45) is 8.71. The molecule has 1 saturated carbocycles. The molecule has 0 aliphatic heterocycles. The number of aromatic nitrogens is 3. The molecule has 3 rings (SSSR count). The van der Waals surface area contributed by atoms with Gasteiger partial charge in [-0.05, 0) is 50.3 Å². The zero-order chi connectivity index (χ0) is 22.6. The molecule has 8 nitrogen and oxygen atoms in total. The number of nitrogens with one attached hydrogen (secondary N) is 2. The topological polar surface area (TPSA) is 85.6 Å². The maximum Gasteiger partial charge on any atom is 0.191 e. The van der Waals surface area contributed by atoms with Gasteiger partial charge in [-0.15, -0.1) is 10.2 Å². The largest absolute Gasteiger partial charge is 0.497 e. The zero-order valence-electron chi connectivity index (χ0n) is 19.8. The van der Waals surface area contributed by atoms with Crippen LogP contribution in [0.2, 0.25) is 0 Å². The monoisotopic (exact) mass is 442 g/mol. The summed E-state index contributed by atoms with van der Waals surface area (Å²) in [6.45, 7) is 4.82. The summed E-state index contributed by atoms with van der Waals surface area (Å²) in [5, 5.41) is 15.2. The van der Waals surface area contributed by atoms with Gasteiger partial charge in [-0.2, -0.15) is 0 Å². The summed E-state index contributed by atoms with van der Waals surface area (Å²) in [7, 11) is 3.65. The van der Waals surface area contributed by atoms with Crippen molar-refractivity contribution in [3.05, 3.63) is 41.5 Å². The summed E-state index contributed by atoms with van der Waals surface area (Å²) in [5.74, 6) is 3.40. The molecule has 0 spiro atoms. The Morgan fingerprint density at radius 1 is 1.09 bits per heavy atom. The highest BCUT2D eigenvalue weighted by atomic mass is 16.5. The van der Waals surface area contributed by atoms with Gasteiger partial charge >= 0.3 is 0 Å². The molecule has 1 aliphatic carbocycles. The van der Waals surface area contributed by atoms with Gasteiger partial charge in [0.05, 0.1) is 13.2 Å². The summed E-state index contributed by atoms with van der Waals surface area (Å²) in [5.41, 5.74) is 1.25. The Bertz CT molecular complexity index is 828. The molecule has 1 aromatic carbocycles. The van der Waals surface area contributed by atoms with Crippen LogP contribution in [-0.2, 0) is 24.8 Å². The van der Waals surface area contributed by atoms with E-state index in [1.165, 1.54) is 37.7 Å². The van der Waals surface area contributed by atoms with E-state index in [0.717, 1.165) is 55.9 Å². The van der Waals surface area contributed by atoms with Gasteiger partial charge in [-0.3, -0.25) is 0 Å². The smallest absolute Gasteiger partial charge is 0.191 e. The van der Waals surface area contributed by atoms with Crippen LogP contribution in [0.1, 0.15) is 55.7 Å². The molecule has 8 heteroatoms. The molecule has 176 valence electrons. The first-order chi connectivity index (χ1) is 15.7. The van der Waals surface area contributed by atoms with E-state index in [2.05, 4.69) is 33.0 Å². The fraction of sp³-hybridized carbons (Fsp3) is 0.625. The second-order valence-corrected chi connectivity index (χ2v) is 8.32. The van der Waals surface area contributed by atoms with Crippen molar-refractivity contribution in [3.8, 4) is 5.75 Å². The van der Waals surface area contributed by atoms with E-state index >= 15 is 0 Å². The van der Waals surface area contributed by atoms with Crippen LogP contribution in [0, 0.1) is 6.92 Å². The molecule has 0 radical (unpaired) electrons. The van der Waals surface area contributed by atoms with Gasteiger partial charge in [0.25, 0.3) is 0 Å². The minimum Gasteiger partial charge on any atom is -0.497 e. The van der Waals surface area contributed by atoms with Crippen LogP contribution in [0.3, 0.4) is 0 Å². The van der Waals surface area contributed by atoms with Gasteiger partial charge in [0.1, 0.15) is 18.1 Å². The average Bonchev–Trinajstić information content (AvgIpc) is 3.15. The SMILES string of the molecule is COc1ccc(CCNC(=NCc2nnc(C)n2C)NCCCOC2CCCCC2)cc1. The molecule has 32 heavy (non-hydrogen) atoms. The van der Waals surface area contributed by atoms with Crippen molar-refractivity contribution in [3.63, 3.8) is 0 Å². The molecule has 1 fully saturated rings. The van der Waals surface area contributed by atoms with Gasteiger partial charge in [-0.25, -0.2) is 4.99 Å². The van der Waals surface area contributed by atoms with E-state index < -0.39 is 0 Å². The van der Waals surface area contributed by atoms with Crippen molar-refractivity contribution in [2.24, 2.45) is 12.0 Å². The molecule has 1 aromatic heterocycles. The standard InChI is InChI=1S/C24H38N6O2/c1-19-28-29-23(30(19)2)18-27-24(25-15-7-17-32-22-8-5-4-6-9-22)26-16-14-20-10-12-21(31-3)13-11-20/h10-13,22H,4-9,14-18H2,1-3H3,(H2,25,26,27). The number of benzene rings is 1. The lowest BCUT2D eigenvalue weighted by Crippen LogP contribution is -2.39. The fourth-order valence-electron chi connectivity index (χ4n) is 3.79. The van der Waals surface area contributed by atoms with Crippen LogP contribution in [0.4, 0.5) is 0 Å². The highest BCUT2D eigenvalue weighted by Gasteiger charge is 2.13. The minimum absolute atomic E-state index is 0.457. The second-order valence-electron chi connectivity index (χ2n) is 8.32. The van der Waals surface area contributed by atoms with Crippen LogP contribution in [-0.4, -0.2) is 53.6 Å². The van der Waals surface area contributed by atoms with E-state index in [9.17, 15) is 0 Å². The van der Waals surface area contributed by atoms with Crippen LogP contribution in [0.5, 0.6) is 5.75 Å². The molecule has 0 amide bonds. The Balaban J connectivity index is 1.46. The lowest BCUT2D eigenvalue weighted by molar-refractivity contribution is 0.0277. The number of nitrogens with zero attached hydrogens (tertiary/aromatic N) is 4. The number of hydrogen-bond acceptors (Lipinski definition) is 5. The van der Waals surface area contributed by atoms with Crippen LogP contribution in [0.15, 0.2) is 29.3 Å². The molecule has 1 heterocycles. The fourth-order valence-corrected chi connectivity index (χ4v) is 3.79. The van der Waals surface area contributed by atoms with Crippen LogP contribution in [0.25, 0.3) is 0 Å². The summed E-state index contributed by atoms with van der Waals surface area (Å²) in [4.78, 5) is 4.72. The molecule has 0 saturated heterocycles. The molecule has 2 N–H and O–H groups in total. The van der Waals surface area contributed by atoms with Crippen molar-refractivity contribution in [2.75, 3.05) is 26.8 Å². The molecular formula is C24H38N6O2. The number of aliphatic imine (C=N–C) groups is 1. The van der Waals surface area contributed by atoms with E-state index in [1.807, 2.05) is 30.7 Å². The van der Waals surface area contributed by atoms with Crippen molar-refractivity contribution in [1.82, 2.24) is 25.4 Å². The number of rotatable bonds is 11. The van der Waals surface area contributed by atoms with Crippen LogP contribution < -0.4 is 15.4 Å². The first-order valence-corrected chi connectivity index (χ1v) is 11.8. The first kappa shape index (κ1) is 24.0. The van der Waals surface area contributed by atoms with E-state index in [4.69, 9.17) is 14.5 Å². The Morgan fingerprint density at radius 2 is 1.84 bits per heavy atom. The quantitative estimate of drug-likeness (QED) is 0.316. The first-order valence-electron chi connectivity index (χ1n) is 11.8. The van der Waals surface area contributed by atoms with Crippen molar-refractivity contribution < 1.29 is 9.47 Å². The Labute approximate surface area is 191 Å². The third-order valence-electron chi connectivity index (χ3n) is 5.95. The predicted molar refractivity (Wildman–Crippen MR) is 127 cm³/mol. The van der Waals surface area contributed by atoms with Gasteiger partial charge in [0.15, 0.2) is 11.8 Å². The molecule has 0 unspecified atom stereocenters. The lowest BCUT2D eigenvalue weighted by Gasteiger charge is -2.22. The highest BCUT2D eigenvalue weighted by molar-refractivity contribution is 5.79. The summed E-state index contributed by atoms with van der Waals surface area (Å²) >= 11 is 0. The van der Waals surface area contributed by atoms with Gasteiger partial charge in [-0.1, -0.05) is 31.4 Å². The highest BCUT2D eigenvalue weighted by Crippen LogP contribution is 2.20. The summed E-state index contributed by atoms with van der Waals surface area (Å²) < 4.78 is 13.2. The predicted octanol–water partition coefficient (Wildman–Crippen LogP) is 3.15. The van der Waals surface area contributed by atoms with Gasteiger partial charge in [0.2, 0.25) is 0 Å². The number of guanidine groups is 1. The number of ether oxygens (including phenoxy) is 2. The Hall–Kier alpha value is -2.61. The molecular weight excluding hydrogens is 404 g/mol. The average molecular weight is 443 g/mol.